The first-order chi connectivity index (χ1) is 13.7. The number of amides is 1. The molecule has 0 bridgehead atoms. The van der Waals surface area contributed by atoms with E-state index in [1.165, 1.54) is 11.8 Å². The highest BCUT2D eigenvalue weighted by atomic mass is 35.5. The van der Waals surface area contributed by atoms with Crippen molar-refractivity contribution in [2.45, 2.75) is 29.7 Å². The Balaban J connectivity index is 1.74. The van der Waals surface area contributed by atoms with E-state index in [0.29, 0.717) is 40.5 Å². The molecule has 0 unspecified atom stereocenters. The minimum atomic E-state index is -1.02. The van der Waals surface area contributed by atoms with Crippen LogP contribution in [0.25, 0.3) is 0 Å². The van der Waals surface area contributed by atoms with Crippen molar-refractivity contribution in [2.24, 2.45) is 12.5 Å². The molecule has 156 valence electrons. The predicted molar refractivity (Wildman–Crippen MR) is 116 cm³/mol. The maximum atomic E-state index is 12.9. The van der Waals surface area contributed by atoms with Crippen LogP contribution < -0.4 is 15.8 Å². The quantitative estimate of drug-likeness (QED) is 0.703. The van der Waals surface area contributed by atoms with Gasteiger partial charge in [0.25, 0.3) is 5.56 Å². The van der Waals surface area contributed by atoms with Gasteiger partial charge in [-0.15, -0.1) is 0 Å². The number of benzene rings is 1. The molecule has 1 amide bonds. The van der Waals surface area contributed by atoms with Crippen LogP contribution in [0.2, 0.25) is 10.0 Å². The average molecular weight is 457 g/mol. The number of carboxylic acid groups (broad SMARTS) is 1. The lowest BCUT2D eigenvalue weighted by molar-refractivity contribution is 0.178. The fourth-order valence-corrected chi connectivity index (χ4v) is 4.59. The van der Waals surface area contributed by atoms with Crippen LogP contribution in [0.15, 0.2) is 39.1 Å². The Hall–Kier alpha value is -1.90. The monoisotopic (exact) mass is 456 g/mol. The first-order valence-electron chi connectivity index (χ1n) is 9.10. The molecule has 2 aromatic rings. The van der Waals surface area contributed by atoms with Gasteiger partial charge in [0.15, 0.2) is 5.82 Å². The Morgan fingerprint density at radius 1 is 1.34 bits per heavy atom. The highest BCUT2D eigenvalue weighted by Crippen LogP contribution is 2.37. The summed E-state index contributed by atoms with van der Waals surface area (Å²) in [6, 6.07) is 5.36. The van der Waals surface area contributed by atoms with Crippen LogP contribution in [0.1, 0.15) is 19.8 Å². The van der Waals surface area contributed by atoms with Crippen LogP contribution in [-0.2, 0) is 7.05 Å². The van der Waals surface area contributed by atoms with Crippen molar-refractivity contribution in [2.75, 3.05) is 24.5 Å². The molecule has 29 heavy (non-hydrogen) atoms. The summed E-state index contributed by atoms with van der Waals surface area (Å²) < 4.78 is 1.56. The molecule has 7 nitrogen and oxygen atoms in total. The number of nitrogens with zero attached hydrogens (tertiary/aromatic N) is 3. The zero-order valence-corrected chi connectivity index (χ0v) is 18.4. The van der Waals surface area contributed by atoms with Gasteiger partial charge >= 0.3 is 6.09 Å². The van der Waals surface area contributed by atoms with Crippen molar-refractivity contribution in [3.05, 3.63) is 44.8 Å². The molecule has 1 aromatic heterocycles. The van der Waals surface area contributed by atoms with Crippen LogP contribution >= 0.6 is 35.0 Å². The molecule has 2 N–H and O–H groups in total. The minimum absolute atomic E-state index is 0.126. The number of piperidine rings is 1. The second-order valence-corrected chi connectivity index (χ2v) is 9.24. The SMILES string of the molecule is Cn1c(Sc2cccc(Cl)c2Cl)cnc(N2CCC(C)(CNC(=O)O)CC2)c1=O. The van der Waals surface area contributed by atoms with E-state index in [1.54, 1.807) is 29.9 Å². The zero-order valence-electron chi connectivity index (χ0n) is 16.1. The van der Waals surface area contributed by atoms with Crippen LogP contribution in [0, 0.1) is 5.41 Å². The van der Waals surface area contributed by atoms with Crippen molar-refractivity contribution in [3.8, 4) is 0 Å². The zero-order chi connectivity index (χ0) is 21.2. The van der Waals surface area contributed by atoms with Crippen molar-refractivity contribution >= 4 is 46.9 Å². The molecule has 1 aromatic carbocycles. The van der Waals surface area contributed by atoms with Gasteiger partial charge in [-0.1, -0.05) is 48.0 Å². The molecule has 1 aliphatic rings. The normalized spacial score (nSPS) is 15.9. The smallest absolute Gasteiger partial charge is 0.404 e. The van der Waals surface area contributed by atoms with Gasteiger partial charge in [-0.25, -0.2) is 9.78 Å². The van der Waals surface area contributed by atoms with Crippen molar-refractivity contribution < 1.29 is 9.90 Å². The molecule has 0 aliphatic carbocycles. The number of aromatic nitrogens is 2. The second kappa shape index (κ2) is 8.85. The molecule has 2 heterocycles. The summed E-state index contributed by atoms with van der Waals surface area (Å²) in [6.07, 6.45) is 2.19. The summed E-state index contributed by atoms with van der Waals surface area (Å²) in [4.78, 5) is 30.8. The largest absolute Gasteiger partial charge is 0.465 e. The Bertz CT molecular complexity index is 974. The van der Waals surface area contributed by atoms with E-state index in [1.807, 2.05) is 11.0 Å². The number of hydrogen-bond donors (Lipinski definition) is 2. The van der Waals surface area contributed by atoms with E-state index >= 15 is 0 Å². The minimum Gasteiger partial charge on any atom is -0.465 e. The van der Waals surface area contributed by atoms with Crippen LogP contribution in [-0.4, -0.2) is 40.4 Å². The van der Waals surface area contributed by atoms with Crippen molar-refractivity contribution in [1.29, 1.82) is 0 Å². The number of rotatable bonds is 5. The number of hydrogen-bond acceptors (Lipinski definition) is 5. The Morgan fingerprint density at radius 2 is 2.03 bits per heavy atom. The lowest BCUT2D eigenvalue weighted by atomic mass is 9.80. The third-order valence-electron chi connectivity index (χ3n) is 5.19. The first-order valence-corrected chi connectivity index (χ1v) is 10.7. The van der Waals surface area contributed by atoms with Gasteiger partial charge in [0.1, 0.15) is 5.03 Å². The van der Waals surface area contributed by atoms with Crippen LogP contribution in [0.4, 0.5) is 10.6 Å². The molecule has 0 atom stereocenters. The summed E-state index contributed by atoms with van der Waals surface area (Å²) in [5, 5.41) is 12.9. The van der Waals surface area contributed by atoms with Gasteiger partial charge < -0.3 is 19.9 Å². The second-order valence-electron chi connectivity index (χ2n) is 7.39. The van der Waals surface area contributed by atoms with Crippen molar-refractivity contribution in [1.82, 2.24) is 14.9 Å². The van der Waals surface area contributed by atoms with Crippen LogP contribution in [0.3, 0.4) is 0 Å². The number of halogens is 2. The van der Waals surface area contributed by atoms with Gasteiger partial charge in [-0.2, -0.15) is 0 Å². The molecule has 0 spiro atoms. The molecular weight excluding hydrogens is 435 g/mol. The van der Waals surface area contributed by atoms with E-state index in [-0.39, 0.29) is 11.0 Å². The molecule has 1 fully saturated rings. The van der Waals surface area contributed by atoms with Gasteiger partial charge in [0.2, 0.25) is 0 Å². The third-order valence-corrected chi connectivity index (χ3v) is 7.27. The molecule has 0 saturated carbocycles. The standard InChI is InChI=1S/C19H22Cl2N4O3S/c1-19(11-23-18(27)28)6-8-25(9-7-19)16-17(26)24(2)14(10-22-16)29-13-5-3-4-12(20)15(13)21/h3-5,10,23H,6-9,11H2,1-2H3,(H,27,28). The van der Waals surface area contributed by atoms with Crippen molar-refractivity contribution in [3.63, 3.8) is 0 Å². The molecule has 1 aliphatic heterocycles. The maximum Gasteiger partial charge on any atom is 0.404 e. The molecule has 10 heteroatoms. The highest BCUT2D eigenvalue weighted by molar-refractivity contribution is 7.99. The predicted octanol–water partition coefficient (Wildman–Crippen LogP) is 4.11. The van der Waals surface area contributed by atoms with E-state index in [4.69, 9.17) is 28.3 Å². The Morgan fingerprint density at radius 3 is 2.69 bits per heavy atom. The third kappa shape index (κ3) is 4.99. The highest BCUT2D eigenvalue weighted by Gasteiger charge is 2.32. The fourth-order valence-electron chi connectivity index (χ4n) is 3.22. The van der Waals surface area contributed by atoms with E-state index in [9.17, 15) is 9.59 Å². The van der Waals surface area contributed by atoms with E-state index < -0.39 is 6.09 Å². The Labute approximate surface area is 183 Å². The number of nitrogens with one attached hydrogen (secondary N) is 1. The van der Waals surface area contributed by atoms with Gasteiger partial charge in [0, 0.05) is 31.6 Å². The van der Waals surface area contributed by atoms with Gasteiger partial charge in [-0.3, -0.25) is 4.79 Å². The summed E-state index contributed by atoms with van der Waals surface area (Å²) in [5.74, 6) is 0.405. The topological polar surface area (TPSA) is 87.5 Å². The average Bonchev–Trinajstić information content (AvgIpc) is 2.69. The summed E-state index contributed by atoms with van der Waals surface area (Å²) in [5.41, 5.74) is -0.306. The summed E-state index contributed by atoms with van der Waals surface area (Å²) in [6.45, 7) is 3.75. The molecular formula is C19H22Cl2N4O3S. The van der Waals surface area contributed by atoms with E-state index in [2.05, 4.69) is 17.2 Å². The molecule has 0 radical (unpaired) electrons. The van der Waals surface area contributed by atoms with Crippen LogP contribution in [0.5, 0.6) is 0 Å². The fraction of sp³-hybridized carbons (Fsp3) is 0.421. The van der Waals surface area contributed by atoms with Gasteiger partial charge in [0.05, 0.1) is 16.2 Å². The molecule has 1 saturated heterocycles. The number of anilines is 1. The Kier molecular flexibility index (Phi) is 6.65. The molecule has 3 rings (SSSR count). The lowest BCUT2D eigenvalue weighted by Crippen LogP contribution is -2.46. The lowest BCUT2D eigenvalue weighted by Gasteiger charge is -2.39. The summed E-state index contributed by atoms with van der Waals surface area (Å²) >= 11 is 13.7. The van der Waals surface area contributed by atoms with Gasteiger partial charge in [-0.05, 0) is 30.4 Å². The van der Waals surface area contributed by atoms with E-state index in [0.717, 1.165) is 17.7 Å². The maximum absolute atomic E-state index is 12.9. The number of carbonyl (C=O) groups is 1. The first kappa shape index (κ1) is 21.8. The summed E-state index contributed by atoms with van der Waals surface area (Å²) in [7, 11) is 1.71.